The van der Waals surface area contributed by atoms with Crippen LogP contribution in [-0.2, 0) is 15.6 Å². The molecule has 1 aliphatic rings. The molecule has 0 saturated carbocycles. The molecule has 0 aromatic heterocycles. The summed E-state index contributed by atoms with van der Waals surface area (Å²) in [5.74, 6) is 0. The molecule has 0 spiro atoms. The lowest BCUT2D eigenvalue weighted by atomic mass is 9.86. The van der Waals surface area contributed by atoms with Gasteiger partial charge in [0.2, 0.25) is 0 Å². The number of fused-ring (bicyclic) bond motifs is 1. The summed E-state index contributed by atoms with van der Waals surface area (Å²) in [5.41, 5.74) is 1.20. The normalized spacial score (nSPS) is 20.1. The Morgan fingerprint density at radius 2 is 1.69 bits per heavy atom. The van der Waals surface area contributed by atoms with E-state index in [2.05, 4.69) is 15.9 Å². The number of halogens is 2. The van der Waals surface area contributed by atoms with E-state index in [0.717, 1.165) is 10.0 Å². The predicted octanol–water partition coefficient (Wildman–Crippen LogP) is 5.48. The molecule has 1 heterocycles. The lowest BCUT2D eigenvalue weighted by Gasteiger charge is -2.28. The summed E-state index contributed by atoms with van der Waals surface area (Å²) in [7, 11) is -3.94. The van der Waals surface area contributed by atoms with Gasteiger partial charge in [-0.3, -0.25) is 0 Å². The van der Waals surface area contributed by atoms with Gasteiger partial charge in [-0.1, -0.05) is 86.5 Å². The number of benzene rings is 3. The zero-order valence-corrected chi connectivity index (χ0v) is 19.9. The summed E-state index contributed by atoms with van der Waals surface area (Å²) in [6, 6.07) is 21.1. The molecule has 3 aromatic rings. The fourth-order valence-electron chi connectivity index (χ4n) is 3.57. The first-order valence-corrected chi connectivity index (χ1v) is 12.3. The van der Waals surface area contributed by atoms with Gasteiger partial charge in [0.15, 0.2) is 5.60 Å². The number of anilines is 1. The highest BCUT2D eigenvalue weighted by molar-refractivity contribution is 14.1. The molecule has 3 aromatic carbocycles. The van der Waals surface area contributed by atoms with Crippen molar-refractivity contribution in [3.8, 4) is 0 Å². The van der Waals surface area contributed by atoms with Crippen LogP contribution in [0.25, 0.3) is 0 Å². The van der Waals surface area contributed by atoms with Crippen molar-refractivity contribution in [2.24, 2.45) is 0 Å². The quantitative estimate of drug-likeness (QED) is 0.417. The van der Waals surface area contributed by atoms with Gasteiger partial charge in [-0.2, -0.15) is 0 Å². The Kier molecular flexibility index (Phi) is 5.35. The van der Waals surface area contributed by atoms with Gasteiger partial charge < -0.3 is 5.11 Å². The van der Waals surface area contributed by atoms with Crippen LogP contribution in [0.5, 0.6) is 0 Å². The van der Waals surface area contributed by atoms with Crippen LogP contribution in [0.4, 0.5) is 5.69 Å². The molecule has 1 atom stereocenters. The minimum Gasteiger partial charge on any atom is -0.374 e. The van der Waals surface area contributed by atoms with Crippen molar-refractivity contribution < 1.29 is 13.5 Å². The van der Waals surface area contributed by atoms with Crippen LogP contribution in [0.2, 0.25) is 0 Å². The smallest absolute Gasteiger partial charge is 0.268 e. The predicted molar refractivity (Wildman–Crippen MR) is 127 cm³/mol. The van der Waals surface area contributed by atoms with Crippen molar-refractivity contribution in [3.63, 3.8) is 0 Å². The Morgan fingerprint density at radius 1 is 1.03 bits per heavy atom. The van der Waals surface area contributed by atoms with Gasteiger partial charge in [0, 0.05) is 14.1 Å². The third kappa shape index (κ3) is 3.24. The second kappa shape index (κ2) is 7.54. The highest BCUT2D eigenvalue weighted by Crippen LogP contribution is 2.53. The summed E-state index contributed by atoms with van der Waals surface area (Å²) < 4.78 is 30.9. The molecule has 0 bridgehead atoms. The summed E-state index contributed by atoms with van der Waals surface area (Å²) in [6.07, 6.45) is 0. The van der Waals surface area contributed by atoms with Gasteiger partial charge in [0.1, 0.15) is 0 Å². The van der Waals surface area contributed by atoms with Crippen molar-refractivity contribution in [3.05, 3.63) is 104 Å². The van der Waals surface area contributed by atoms with Gasteiger partial charge in [-0.15, -0.1) is 0 Å². The van der Waals surface area contributed by atoms with Crippen molar-refractivity contribution in [2.45, 2.75) is 17.4 Å². The summed E-state index contributed by atoms with van der Waals surface area (Å²) >= 11 is 5.44. The summed E-state index contributed by atoms with van der Waals surface area (Å²) in [5, 5.41) is 11.9. The van der Waals surface area contributed by atoms with E-state index in [1.807, 2.05) is 47.7 Å². The van der Waals surface area contributed by atoms with E-state index in [9.17, 15) is 13.5 Å². The summed E-state index contributed by atoms with van der Waals surface area (Å²) in [4.78, 5) is 0.171. The average Bonchev–Trinajstić information content (AvgIpc) is 2.98. The highest BCUT2D eigenvalue weighted by Gasteiger charge is 2.51. The maximum atomic E-state index is 13.6. The second-order valence-corrected chi connectivity index (χ2v) is 10.1. The molecule has 1 aliphatic heterocycles. The third-order valence-corrected chi connectivity index (χ3v) is 7.84. The van der Waals surface area contributed by atoms with E-state index in [4.69, 9.17) is 0 Å². The van der Waals surface area contributed by atoms with Gasteiger partial charge >= 0.3 is 0 Å². The number of hydrogen-bond acceptors (Lipinski definition) is 3. The maximum absolute atomic E-state index is 13.6. The Morgan fingerprint density at radius 3 is 2.31 bits per heavy atom. The first kappa shape index (κ1) is 20.6. The van der Waals surface area contributed by atoms with Crippen molar-refractivity contribution in [2.75, 3.05) is 4.31 Å². The van der Waals surface area contributed by atoms with Gasteiger partial charge in [0.25, 0.3) is 10.0 Å². The molecule has 148 valence electrons. The minimum atomic E-state index is -3.94. The minimum absolute atomic E-state index is 0.171. The Balaban J connectivity index is 2.01. The molecule has 0 saturated heterocycles. The molecule has 1 N–H and O–H groups in total. The molecular formula is C22H17BrINO3S. The third-order valence-electron chi connectivity index (χ3n) is 5.01. The van der Waals surface area contributed by atoms with E-state index in [0.29, 0.717) is 16.8 Å². The first-order chi connectivity index (χ1) is 13.8. The van der Waals surface area contributed by atoms with E-state index in [1.165, 1.54) is 4.31 Å². The number of nitrogens with zero attached hydrogens (tertiary/aromatic N) is 1. The molecule has 4 rings (SSSR count). The molecule has 4 nitrogen and oxygen atoms in total. The maximum Gasteiger partial charge on any atom is 0.268 e. The summed E-state index contributed by atoms with van der Waals surface area (Å²) in [6.45, 7) is 1.91. The topological polar surface area (TPSA) is 57.6 Å². The largest absolute Gasteiger partial charge is 0.374 e. The number of sulfonamides is 1. The van der Waals surface area contributed by atoms with Crippen LogP contribution in [0.3, 0.4) is 0 Å². The molecule has 0 fully saturated rings. The van der Waals surface area contributed by atoms with E-state index in [-0.39, 0.29) is 10.6 Å². The molecule has 7 heteroatoms. The van der Waals surface area contributed by atoms with Gasteiger partial charge in [-0.25, -0.2) is 12.7 Å². The average molecular weight is 582 g/mol. The number of hydrogen-bond donors (Lipinski definition) is 1. The van der Waals surface area contributed by atoms with Crippen LogP contribution >= 0.6 is 38.5 Å². The van der Waals surface area contributed by atoms with E-state index in [1.54, 1.807) is 58.7 Å². The van der Waals surface area contributed by atoms with Crippen LogP contribution in [0.1, 0.15) is 16.7 Å². The van der Waals surface area contributed by atoms with Crippen LogP contribution in [0, 0.1) is 6.92 Å². The highest BCUT2D eigenvalue weighted by atomic mass is 127. The monoisotopic (exact) mass is 581 g/mol. The fourth-order valence-corrected chi connectivity index (χ4v) is 6.40. The van der Waals surface area contributed by atoms with E-state index < -0.39 is 15.6 Å². The van der Waals surface area contributed by atoms with Crippen LogP contribution < -0.4 is 4.31 Å². The lowest BCUT2D eigenvalue weighted by Crippen LogP contribution is -2.35. The Labute approximate surface area is 192 Å². The van der Waals surface area contributed by atoms with Crippen LogP contribution in [-0.4, -0.2) is 13.5 Å². The lowest BCUT2D eigenvalue weighted by molar-refractivity contribution is 0.128. The molecule has 0 radical (unpaired) electrons. The molecule has 0 unspecified atom stereocenters. The number of aryl methyl sites for hydroxylation is 1. The molecular weight excluding hydrogens is 565 g/mol. The van der Waals surface area contributed by atoms with Crippen molar-refractivity contribution in [1.82, 2.24) is 0 Å². The molecule has 0 amide bonds. The Bertz CT molecular complexity index is 1210. The molecule has 0 aliphatic carbocycles. The SMILES string of the molecule is Cc1ccc(S(=O)(=O)N2/C(=C/I)[C@@](O)(c3ccccc3)c3cc(Br)ccc32)cc1. The molecule has 29 heavy (non-hydrogen) atoms. The number of aliphatic hydroxyl groups is 1. The van der Waals surface area contributed by atoms with Gasteiger partial charge in [-0.05, 0) is 42.8 Å². The number of rotatable bonds is 3. The first-order valence-electron chi connectivity index (χ1n) is 8.81. The van der Waals surface area contributed by atoms with Gasteiger partial charge in [0.05, 0.1) is 16.3 Å². The van der Waals surface area contributed by atoms with Crippen molar-refractivity contribution in [1.29, 1.82) is 0 Å². The Hall–Kier alpha value is -1.68. The van der Waals surface area contributed by atoms with Crippen LogP contribution in [0.15, 0.2) is 91.9 Å². The van der Waals surface area contributed by atoms with Crippen molar-refractivity contribution >= 4 is 54.2 Å². The standard InChI is InChI=1S/C22H17BrINO3S/c1-15-7-10-18(11-8-15)29(27,28)25-20-12-9-17(23)13-19(20)22(26,21(25)14-24)16-5-3-2-4-6-16/h2-14,26H,1H3/b21-14+/t22-/m1/s1. The zero-order valence-electron chi connectivity index (χ0n) is 15.4. The second-order valence-electron chi connectivity index (χ2n) is 6.81. The van der Waals surface area contributed by atoms with E-state index >= 15 is 0 Å². The fraction of sp³-hybridized carbons (Fsp3) is 0.0909. The zero-order chi connectivity index (χ0) is 20.8.